The molecule has 0 aliphatic rings. The third-order valence-electron chi connectivity index (χ3n) is 0.850. The lowest BCUT2D eigenvalue weighted by Gasteiger charge is -2.13. The summed E-state index contributed by atoms with van der Waals surface area (Å²) >= 11 is 4.43. The molecule has 0 rings (SSSR count). The number of hydrogen-bond acceptors (Lipinski definition) is 3. The molecule has 56 valence electrons. The van der Waals surface area contributed by atoms with Crippen LogP contribution in [0.1, 0.15) is 13.8 Å². The first-order chi connectivity index (χ1) is 4.46. The summed E-state index contributed by atoms with van der Waals surface area (Å²) in [5.74, 6) is -0.917. The molecule has 4 nitrogen and oxygen atoms in total. The summed E-state index contributed by atoms with van der Waals surface area (Å²) in [7, 11) is 0. The summed E-state index contributed by atoms with van der Waals surface area (Å²) in [6, 6.07) is 0. The summed E-state index contributed by atoms with van der Waals surface area (Å²) < 4.78 is 0. The Morgan fingerprint density at radius 2 is 1.60 bits per heavy atom. The summed E-state index contributed by atoms with van der Waals surface area (Å²) in [6.45, 7) is 2.45. The van der Waals surface area contributed by atoms with Crippen molar-refractivity contribution in [1.29, 1.82) is 0 Å². The second-order valence-electron chi connectivity index (χ2n) is 1.71. The predicted molar refractivity (Wildman–Crippen MR) is 40.0 cm³/mol. The maximum Gasteiger partial charge on any atom is 0.232 e. The van der Waals surface area contributed by atoms with Crippen molar-refractivity contribution in [2.45, 2.75) is 13.8 Å². The number of carbonyl (C=O) groups is 2. The molecule has 0 fully saturated rings. The lowest BCUT2D eigenvalue weighted by atomic mass is 10.5. The molecule has 0 spiro atoms. The number of hydrogen-bond donors (Lipinski definition) is 1. The van der Waals surface area contributed by atoms with Crippen molar-refractivity contribution in [1.82, 2.24) is 4.90 Å². The van der Waals surface area contributed by atoms with E-state index in [1.165, 1.54) is 13.8 Å². The van der Waals surface area contributed by atoms with Gasteiger partial charge in [-0.3, -0.25) is 9.59 Å². The molecule has 2 N–H and O–H groups in total. The Morgan fingerprint density at radius 1 is 1.30 bits per heavy atom. The predicted octanol–water partition coefficient (Wildman–Crippen LogP) is -0.375. The minimum atomic E-state index is -0.458. The van der Waals surface area contributed by atoms with Crippen LogP contribution in [0.2, 0.25) is 0 Å². The zero-order valence-corrected chi connectivity index (χ0v) is 6.57. The third-order valence-corrected chi connectivity index (χ3v) is 1.03. The highest BCUT2D eigenvalue weighted by Crippen LogP contribution is 1.89. The Hall–Kier alpha value is -0.970. The molecule has 0 unspecified atom stereocenters. The number of carbonyl (C=O) groups excluding carboxylic acids is 2. The Balaban J connectivity index is 4.43. The van der Waals surface area contributed by atoms with E-state index in [1.807, 2.05) is 0 Å². The van der Waals surface area contributed by atoms with Crippen LogP contribution >= 0.6 is 12.2 Å². The first kappa shape index (κ1) is 9.03. The summed E-state index contributed by atoms with van der Waals surface area (Å²) in [4.78, 5) is 21.9. The SMILES string of the molecule is CC(=O)N(C(C)=O)C(N)=S. The summed E-state index contributed by atoms with van der Waals surface area (Å²) in [6.07, 6.45) is 0. The van der Waals surface area contributed by atoms with Gasteiger partial charge in [0, 0.05) is 13.8 Å². The average Bonchev–Trinajstić information content (AvgIpc) is 1.59. The topological polar surface area (TPSA) is 63.4 Å². The van der Waals surface area contributed by atoms with Crippen LogP contribution in [0.5, 0.6) is 0 Å². The van der Waals surface area contributed by atoms with E-state index in [9.17, 15) is 9.59 Å². The van der Waals surface area contributed by atoms with Crippen LogP contribution in [0.4, 0.5) is 0 Å². The van der Waals surface area contributed by atoms with E-state index in [2.05, 4.69) is 12.2 Å². The minimum Gasteiger partial charge on any atom is -0.375 e. The van der Waals surface area contributed by atoms with Gasteiger partial charge in [0.1, 0.15) is 0 Å². The molecular formula is C5H8N2O2S. The van der Waals surface area contributed by atoms with Gasteiger partial charge in [0.05, 0.1) is 0 Å². The second-order valence-corrected chi connectivity index (χ2v) is 2.13. The number of imide groups is 1. The van der Waals surface area contributed by atoms with Gasteiger partial charge in [0.15, 0.2) is 5.11 Å². The van der Waals surface area contributed by atoms with Crippen molar-refractivity contribution in [3.05, 3.63) is 0 Å². The van der Waals surface area contributed by atoms with Gasteiger partial charge in [0.2, 0.25) is 11.8 Å². The maximum atomic E-state index is 10.6. The van der Waals surface area contributed by atoms with Crippen molar-refractivity contribution in [2.24, 2.45) is 5.73 Å². The standard InChI is InChI=1S/C5H8N2O2S/c1-3(8)7(4(2)9)5(6)10/h1-2H3,(H2,6,10). The van der Waals surface area contributed by atoms with Gasteiger partial charge < -0.3 is 5.73 Å². The molecule has 10 heavy (non-hydrogen) atoms. The number of amides is 2. The number of nitrogens with zero attached hydrogens (tertiary/aromatic N) is 1. The highest BCUT2D eigenvalue weighted by Gasteiger charge is 2.15. The van der Waals surface area contributed by atoms with Crippen LogP contribution < -0.4 is 5.73 Å². The second kappa shape index (κ2) is 3.26. The lowest BCUT2D eigenvalue weighted by molar-refractivity contribution is -0.136. The third kappa shape index (κ3) is 2.10. The number of rotatable bonds is 0. The van der Waals surface area contributed by atoms with Gasteiger partial charge in [-0.2, -0.15) is 0 Å². The first-order valence-corrected chi connectivity index (χ1v) is 2.98. The highest BCUT2D eigenvalue weighted by atomic mass is 32.1. The van der Waals surface area contributed by atoms with E-state index in [0.29, 0.717) is 0 Å². The number of thiocarbonyl (C=S) groups is 1. The van der Waals surface area contributed by atoms with E-state index in [-0.39, 0.29) is 5.11 Å². The average molecular weight is 160 g/mol. The highest BCUT2D eigenvalue weighted by molar-refractivity contribution is 7.80. The minimum absolute atomic E-state index is 0.208. The van der Waals surface area contributed by atoms with Crippen molar-refractivity contribution in [3.8, 4) is 0 Å². The van der Waals surface area contributed by atoms with Gasteiger partial charge in [-0.1, -0.05) is 0 Å². The normalized spacial score (nSPS) is 8.60. The van der Waals surface area contributed by atoms with Crippen molar-refractivity contribution >= 4 is 29.1 Å². The zero-order chi connectivity index (χ0) is 8.31. The van der Waals surface area contributed by atoms with Crippen LogP contribution in [0.3, 0.4) is 0 Å². The Labute approximate surface area is 64.0 Å². The molecule has 0 heterocycles. The van der Waals surface area contributed by atoms with E-state index in [1.54, 1.807) is 0 Å². The van der Waals surface area contributed by atoms with Gasteiger partial charge >= 0.3 is 0 Å². The molecule has 0 aromatic rings. The van der Waals surface area contributed by atoms with Crippen molar-refractivity contribution in [2.75, 3.05) is 0 Å². The number of nitrogens with two attached hydrogens (primary N) is 1. The molecule has 5 heteroatoms. The van der Waals surface area contributed by atoms with Gasteiger partial charge in [0.25, 0.3) is 0 Å². The Kier molecular flexibility index (Phi) is 2.95. The molecule has 0 bridgehead atoms. The van der Waals surface area contributed by atoms with E-state index < -0.39 is 11.8 Å². The van der Waals surface area contributed by atoms with Crippen molar-refractivity contribution < 1.29 is 9.59 Å². The van der Waals surface area contributed by atoms with E-state index >= 15 is 0 Å². The fourth-order valence-corrected chi connectivity index (χ4v) is 0.789. The van der Waals surface area contributed by atoms with Crippen LogP contribution in [0, 0.1) is 0 Å². The van der Waals surface area contributed by atoms with Crippen LogP contribution in [-0.4, -0.2) is 21.8 Å². The van der Waals surface area contributed by atoms with E-state index in [4.69, 9.17) is 5.73 Å². The maximum absolute atomic E-state index is 10.6. The van der Waals surface area contributed by atoms with Gasteiger partial charge in [-0.25, -0.2) is 4.90 Å². The fraction of sp³-hybridized carbons (Fsp3) is 0.400. The Bertz CT molecular complexity index is 157. The van der Waals surface area contributed by atoms with Gasteiger partial charge in [-0.15, -0.1) is 0 Å². The van der Waals surface area contributed by atoms with Crippen LogP contribution in [-0.2, 0) is 9.59 Å². The molecule has 0 atom stereocenters. The zero-order valence-electron chi connectivity index (χ0n) is 5.75. The summed E-state index contributed by atoms with van der Waals surface area (Å²) in [5, 5.41) is -0.208. The Morgan fingerprint density at radius 3 is 1.60 bits per heavy atom. The lowest BCUT2D eigenvalue weighted by Crippen LogP contribution is -2.42. The first-order valence-electron chi connectivity index (χ1n) is 2.57. The molecule has 0 aliphatic carbocycles. The molecule has 0 aromatic heterocycles. The molecule has 0 aliphatic heterocycles. The molecule has 0 radical (unpaired) electrons. The molecule has 2 amide bonds. The molecule has 0 saturated heterocycles. The molecule has 0 aromatic carbocycles. The smallest absolute Gasteiger partial charge is 0.232 e. The molecular weight excluding hydrogens is 152 g/mol. The van der Waals surface area contributed by atoms with Crippen LogP contribution in [0.25, 0.3) is 0 Å². The molecule has 0 saturated carbocycles. The largest absolute Gasteiger partial charge is 0.375 e. The fourth-order valence-electron chi connectivity index (χ4n) is 0.532. The quantitative estimate of drug-likeness (QED) is 0.491. The monoisotopic (exact) mass is 160 g/mol. The van der Waals surface area contributed by atoms with Gasteiger partial charge in [-0.05, 0) is 12.2 Å². The van der Waals surface area contributed by atoms with Crippen LogP contribution in [0.15, 0.2) is 0 Å². The van der Waals surface area contributed by atoms with E-state index in [0.717, 1.165) is 4.90 Å². The van der Waals surface area contributed by atoms with Crippen molar-refractivity contribution in [3.63, 3.8) is 0 Å². The summed E-state index contributed by atoms with van der Waals surface area (Å²) in [5.41, 5.74) is 5.05.